The lowest BCUT2D eigenvalue weighted by molar-refractivity contribution is -0.135. The fraction of sp³-hybridized carbons (Fsp3) is 0.471. The van der Waals surface area contributed by atoms with Crippen molar-refractivity contribution < 1.29 is 9.32 Å². The van der Waals surface area contributed by atoms with Crippen LogP contribution in [0.3, 0.4) is 0 Å². The largest absolute Gasteiger partial charge is 0.337 e. The Morgan fingerprint density at radius 1 is 1.43 bits per heavy atom. The smallest absolute Gasteiger partial charge is 0.249 e. The van der Waals surface area contributed by atoms with E-state index in [1.54, 1.807) is 11.8 Å². The summed E-state index contributed by atoms with van der Waals surface area (Å²) in [6, 6.07) is 7.77. The molecule has 1 saturated heterocycles. The van der Waals surface area contributed by atoms with E-state index in [1.165, 1.54) is 0 Å². The fourth-order valence-electron chi connectivity index (χ4n) is 2.95. The number of alkyl halides is 1. The molecule has 1 aromatic carbocycles. The van der Waals surface area contributed by atoms with Gasteiger partial charge in [-0.1, -0.05) is 28.9 Å². The molecule has 0 radical (unpaired) electrons. The second kappa shape index (κ2) is 6.71. The highest BCUT2D eigenvalue weighted by Crippen LogP contribution is 2.32. The van der Waals surface area contributed by atoms with Crippen LogP contribution in [0.5, 0.6) is 0 Å². The number of carbonyl (C=O) groups excluding carboxylic acids is 1. The number of nitrogens with zero attached hydrogens (tertiary/aromatic N) is 3. The van der Waals surface area contributed by atoms with Crippen molar-refractivity contribution in [2.45, 2.75) is 44.5 Å². The van der Waals surface area contributed by atoms with Gasteiger partial charge in [-0.05, 0) is 39.2 Å². The van der Waals surface area contributed by atoms with Crippen molar-refractivity contribution in [1.82, 2.24) is 15.0 Å². The summed E-state index contributed by atoms with van der Waals surface area (Å²) in [5.41, 5.74) is 2.05. The van der Waals surface area contributed by atoms with Crippen LogP contribution in [0.25, 0.3) is 11.4 Å². The monoisotopic (exact) mass is 333 g/mol. The summed E-state index contributed by atoms with van der Waals surface area (Å²) >= 11 is 5.97. The molecule has 6 heteroatoms. The molecule has 1 amide bonds. The molecule has 0 spiro atoms. The zero-order valence-corrected chi connectivity index (χ0v) is 14.1. The van der Waals surface area contributed by atoms with Gasteiger partial charge in [-0.2, -0.15) is 4.98 Å². The van der Waals surface area contributed by atoms with Crippen molar-refractivity contribution in [3.8, 4) is 11.4 Å². The lowest BCUT2D eigenvalue weighted by Crippen LogP contribution is -2.41. The lowest BCUT2D eigenvalue weighted by atomic mass is 10.0. The molecule has 1 fully saturated rings. The second-order valence-corrected chi connectivity index (χ2v) is 6.64. The first-order valence-electron chi connectivity index (χ1n) is 7.91. The highest BCUT2D eigenvalue weighted by Gasteiger charge is 2.33. The number of rotatable bonds is 3. The van der Waals surface area contributed by atoms with E-state index in [4.69, 9.17) is 16.1 Å². The summed E-state index contributed by atoms with van der Waals surface area (Å²) < 4.78 is 5.46. The average molecular weight is 334 g/mol. The Bertz CT molecular complexity index is 699. The van der Waals surface area contributed by atoms with Crippen molar-refractivity contribution in [3.05, 3.63) is 35.7 Å². The minimum absolute atomic E-state index is 0.0772. The van der Waals surface area contributed by atoms with Gasteiger partial charge in [0.25, 0.3) is 0 Å². The third kappa shape index (κ3) is 3.39. The maximum atomic E-state index is 12.3. The zero-order chi connectivity index (χ0) is 16.4. The summed E-state index contributed by atoms with van der Waals surface area (Å²) in [7, 11) is 0. The number of carbonyl (C=O) groups is 1. The number of benzene rings is 1. The number of halogens is 1. The van der Waals surface area contributed by atoms with E-state index in [1.807, 2.05) is 31.2 Å². The molecule has 1 aliphatic heterocycles. The van der Waals surface area contributed by atoms with E-state index in [9.17, 15) is 4.79 Å². The predicted molar refractivity (Wildman–Crippen MR) is 88.1 cm³/mol. The maximum Gasteiger partial charge on any atom is 0.249 e. The Morgan fingerprint density at radius 3 is 3.00 bits per heavy atom. The molecule has 2 atom stereocenters. The summed E-state index contributed by atoms with van der Waals surface area (Å²) in [6.07, 6.45) is 2.84. The van der Waals surface area contributed by atoms with Crippen molar-refractivity contribution in [1.29, 1.82) is 0 Å². The number of piperidine rings is 1. The van der Waals surface area contributed by atoms with Gasteiger partial charge in [0, 0.05) is 12.1 Å². The fourth-order valence-corrected chi connectivity index (χ4v) is 3.08. The molecule has 0 bridgehead atoms. The first-order valence-corrected chi connectivity index (χ1v) is 8.35. The quantitative estimate of drug-likeness (QED) is 0.803. The van der Waals surface area contributed by atoms with E-state index in [-0.39, 0.29) is 11.9 Å². The summed E-state index contributed by atoms with van der Waals surface area (Å²) in [6.45, 7) is 4.40. The van der Waals surface area contributed by atoms with E-state index in [0.717, 1.165) is 30.4 Å². The molecular formula is C17H20ClN3O2. The van der Waals surface area contributed by atoms with Crippen LogP contribution < -0.4 is 0 Å². The maximum absolute atomic E-state index is 12.3. The van der Waals surface area contributed by atoms with Gasteiger partial charge in [0.1, 0.15) is 11.4 Å². The van der Waals surface area contributed by atoms with Crippen LogP contribution in [0.2, 0.25) is 0 Å². The molecule has 0 aliphatic carbocycles. The van der Waals surface area contributed by atoms with Gasteiger partial charge in [0.2, 0.25) is 17.6 Å². The topological polar surface area (TPSA) is 59.2 Å². The van der Waals surface area contributed by atoms with Gasteiger partial charge >= 0.3 is 0 Å². The number of aryl methyl sites for hydroxylation is 1. The van der Waals surface area contributed by atoms with Crippen molar-refractivity contribution in [2.75, 3.05) is 6.54 Å². The van der Waals surface area contributed by atoms with Crippen molar-refractivity contribution >= 4 is 17.5 Å². The van der Waals surface area contributed by atoms with Crippen molar-refractivity contribution in [3.63, 3.8) is 0 Å². The van der Waals surface area contributed by atoms with Crippen LogP contribution in [-0.4, -0.2) is 32.9 Å². The van der Waals surface area contributed by atoms with Gasteiger partial charge in [-0.3, -0.25) is 4.79 Å². The predicted octanol–water partition coefficient (Wildman–Crippen LogP) is 3.73. The van der Waals surface area contributed by atoms with Crippen LogP contribution in [-0.2, 0) is 4.79 Å². The Morgan fingerprint density at radius 2 is 2.26 bits per heavy atom. The molecule has 122 valence electrons. The molecular weight excluding hydrogens is 314 g/mol. The van der Waals surface area contributed by atoms with Gasteiger partial charge in [0.05, 0.1) is 0 Å². The number of hydrogen-bond donors (Lipinski definition) is 0. The molecule has 23 heavy (non-hydrogen) atoms. The van der Waals surface area contributed by atoms with Gasteiger partial charge in [-0.25, -0.2) is 0 Å². The van der Waals surface area contributed by atoms with Crippen LogP contribution >= 0.6 is 11.6 Å². The molecule has 3 rings (SSSR count). The standard InChI is InChI=1S/C17H20ClN3O2/c1-11-6-5-7-13(10-11)15-19-16(23-20-15)14-8-3-4-9-21(14)17(22)12(2)18/h5-7,10,12,14H,3-4,8-9H2,1-2H3. The number of likely N-dealkylation sites (tertiary alicyclic amines) is 1. The van der Waals surface area contributed by atoms with Crippen LogP contribution in [0, 0.1) is 6.92 Å². The Labute approximate surface area is 140 Å². The summed E-state index contributed by atoms with van der Waals surface area (Å²) in [5, 5.41) is 3.54. The normalized spacial score (nSPS) is 19.6. The number of amides is 1. The first-order chi connectivity index (χ1) is 11.1. The molecule has 2 aromatic rings. The number of aromatic nitrogens is 2. The van der Waals surface area contributed by atoms with Crippen molar-refractivity contribution in [2.24, 2.45) is 0 Å². The highest BCUT2D eigenvalue weighted by atomic mass is 35.5. The molecule has 1 aliphatic rings. The third-order valence-electron chi connectivity index (χ3n) is 4.13. The second-order valence-electron chi connectivity index (χ2n) is 5.98. The highest BCUT2D eigenvalue weighted by molar-refractivity contribution is 6.30. The van der Waals surface area contributed by atoms with E-state index >= 15 is 0 Å². The minimum atomic E-state index is -0.547. The number of hydrogen-bond acceptors (Lipinski definition) is 4. The van der Waals surface area contributed by atoms with Gasteiger partial charge in [0.15, 0.2) is 0 Å². The van der Waals surface area contributed by atoms with Gasteiger partial charge < -0.3 is 9.42 Å². The molecule has 2 unspecified atom stereocenters. The lowest BCUT2D eigenvalue weighted by Gasteiger charge is -2.34. The molecule has 1 aromatic heterocycles. The van der Waals surface area contributed by atoms with E-state index in [0.29, 0.717) is 18.3 Å². The minimum Gasteiger partial charge on any atom is -0.337 e. The third-order valence-corrected chi connectivity index (χ3v) is 4.32. The molecule has 0 N–H and O–H groups in total. The van der Waals surface area contributed by atoms with Crippen LogP contribution in [0.15, 0.2) is 28.8 Å². The Hall–Kier alpha value is -1.88. The molecule has 2 heterocycles. The average Bonchev–Trinajstić information content (AvgIpc) is 3.04. The van der Waals surface area contributed by atoms with Crippen LogP contribution in [0.1, 0.15) is 43.7 Å². The molecule has 0 saturated carbocycles. The first kappa shape index (κ1) is 16.0. The van der Waals surface area contributed by atoms with E-state index < -0.39 is 5.38 Å². The summed E-state index contributed by atoms with van der Waals surface area (Å²) in [5.74, 6) is 0.971. The SMILES string of the molecule is Cc1cccc(-c2noc(C3CCCCN3C(=O)C(C)Cl)n2)c1. The Balaban J connectivity index is 1.87. The van der Waals surface area contributed by atoms with Gasteiger partial charge in [-0.15, -0.1) is 11.6 Å². The van der Waals surface area contributed by atoms with E-state index in [2.05, 4.69) is 10.1 Å². The Kier molecular flexibility index (Phi) is 4.66. The molecule has 5 nitrogen and oxygen atoms in total. The summed E-state index contributed by atoms with van der Waals surface area (Å²) in [4.78, 5) is 18.6. The zero-order valence-electron chi connectivity index (χ0n) is 13.3. The van der Waals surface area contributed by atoms with Crippen LogP contribution in [0.4, 0.5) is 0 Å².